The Labute approximate surface area is 115 Å². The molecule has 3 nitrogen and oxygen atoms in total. The first-order valence-corrected chi connectivity index (χ1v) is 7.14. The van der Waals surface area contributed by atoms with Crippen molar-refractivity contribution in [3.8, 4) is 5.75 Å². The van der Waals surface area contributed by atoms with Gasteiger partial charge in [-0.1, -0.05) is 13.8 Å². The van der Waals surface area contributed by atoms with Gasteiger partial charge in [-0.2, -0.15) is 0 Å². The number of hydrogen-bond donors (Lipinski definition) is 1. The summed E-state index contributed by atoms with van der Waals surface area (Å²) in [5, 5.41) is 0. The normalized spacial score (nSPS) is 17.7. The predicted molar refractivity (Wildman–Crippen MR) is 76.5 cm³/mol. The molecular formula is C16H23NO2. The lowest BCUT2D eigenvalue weighted by atomic mass is 9.96. The van der Waals surface area contributed by atoms with E-state index in [2.05, 4.69) is 0 Å². The smallest absolute Gasteiger partial charge is 0.179 e. The Kier molecular flexibility index (Phi) is 4.59. The molecule has 0 amide bonds. The highest BCUT2D eigenvalue weighted by atomic mass is 16.5. The molecule has 0 spiro atoms. The summed E-state index contributed by atoms with van der Waals surface area (Å²) in [7, 11) is 0. The van der Waals surface area contributed by atoms with Gasteiger partial charge < -0.3 is 10.5 Å². The van der Waals surface area contributed by atoms with Gasteiger partial charge in [-0.3, -0.25) is 4.79 Å². The van der Waals surface area contributed by atoms with Gasteiger partial charge in [0.15, 0.2) is 5.78 Å². The van der Waals surface area contributed by atoms with Crippen molar-refractivity contribution in [1.82, 2.24) is 0 Å². The van der Waals surface area contributed by atoms with Crippen LogP contribution in [-0.4, -0.2) is 17.9 Å². The van der Waals surface area contributed by atoms with Gasteiger partial charge in [0, 0.05) is 5.56 Å². The van der Waals surface area contributed by atoms with Crippen LogP contribution in [0, 0.1) is 5.92 Å². The van der Waals surface area contributed by atoms with E-state index in [0.717, 1.165) is 18.6 Å². The maximum atomic E-state index is 12.1. The Morgan fingerprint density at radius 2 is 1.79 bits per heavy atom. The molecule has 1 saturated carbocycles. The standard InChI is InChI=1S/C16H23NO2/c1-11(2)15(17)16(18)12-7-9-14(10-8-12)19-13-5-3-4-6-13/h7-11,13,15H,3-6,17H2,1-2H3. The van der Waals surface area contributed by atoms with Gasteiger partial charge >= 0.3 is 0 Å². The van der Waals surface area contributed by atoms with Gasteiger partial charge in [0.25, 0.3) is 0 Å². The van der Waals surface area contributed by atoms with E-state index in [9.17, 15) is 4.79 Å². The summed E-state index contributed by atoms with van der Waals surface area (Å²) < 4.78 is 5.88. The van der Waals surface area contributed by atoms with Gasteiger partial charge in [0.2, 0.25) is 0 Å². The van der Waals surface area contributed by atoms with Gasteiger partial charge in [-0.15, -0.1) is 0 Å². The number of hydrogen-bond acceptors (Lipinski definition) is 3. The van der Waals surface area contributed by atoms with E-state index in [4.69, 9.17) is 10.5 Å². The Balaban J connectivity index is 1.99. The van der Waals surface area contributed by atoms with Crippen LogP contribution in [0.25, 0.3) is 0 Å². The van der Waals surface area contributed by atoms with Gasteiger partial charge in [0.05, 0.1) is 12.1 Å². The highest BCUT2D eigenvalue weighted by molar-refractivity contribution is 6.00. The molecule has 2 rings (SSSR count). The van der Waals surface area contributed by atoms with Crippen molar-refractivity contribution in [1.29, 1.82) is 0 Å². The van der Waals surface area contributed by atoms with Crippen molar-refractivity contribution in [3.63, 3.8) is 0 Å². The fourth-order valence-corrected chi connectivity index (χ4v) is 2.39. The van der Waals surface area contributed by atoms with Gasteiger partial charge in [0.1, 0.15) is 5.75 Å². The lowest BCUT2D eigenvalue weighted by Gasteiger charge is -2.15. The van der Waals surface area contributed by atoms with E-state index in [-0.39, 0.29) is 11.7 Å². The molecule has 1 aromatic carbocycles. The number of ketones is 1. The summed E-state index contributed by atoms with van der Waals surface area (Å²) in [5.74, 6) is 1.01. The molecule has 2 N–H and O–H groups in total. The number of nitrogens with two attached hydrogens (primary N) is 1. The zero-order valence-electron chi connectivity index (χ0n) is 11.8. The molecule has 0 saturated heterocycles. The summed E-state index contributed by atoms with van der Waals surface area (Å²) in [6.45, 7) is 3.92. The average molecular weight is 261 g/mol. The van der Waals surface area contributed by atoms with Crippen molar-refractivity contribution in [2.24, 2.45) is 11.7 Å². The van der Waals surface area contributed by atoms with E-state index in [1.54, 1.807) is 0 Å². The largest absolute Gasteiger partial charge is 0.490 e. The molecule has 3 heteroatoms. The third-order valence-electron chi connectivity index (χ3n) is 3.76. The van der Waals surface area contributed by atoms with Crippen LogP contribution < -0.4 is 10.5 Å². The molecule has 1 aliphatic carbocycles. The number of rotatable bonds is 5. The topological polar surface area (TPSA) is 52.3 Å². The third-order valence-corrected chi connectivity index (χ3v) is 3.76. The minimum Gasteiger partial charge on any atom is -0.490 e. The quantitative estimate of drug-likeness (QED) is 0.828. The van der Waals surface area contributed by atoms with Crippen molar-refractivity contribution < 1.29 is 9.53 Å². The SMILES string of the molecule is CC(C)C(N)C(=O)c1ccc(OC2CCCC2)cc1. The first-order chi connectivity index (χ1) is 9.08. The average Bonchev–Trinajstić information content (AvgIpc) is 2.90. The number of carbonyl (C=O) groups is 1. The second-order valence-electron chi connectivity index (χ2n) is 5.68. The molecule has 1 aromatic rings. The minimum atomic E-state index is -0.429. The van der Waals surface area contributed by atoms with Gasteiger partial charge in [-0.05, 0) is 55.9 Å². The van der Waals surface area contributed by atoms with E-state index < -0.39 is 6.04 Å². The number of Topliss-reactive ketones (excluding diaryl/α,β-unsaturated/α-hetero) is 1. The molecular weight excluding hydrogens is 238 g/mol. The lowest BCUT2D eigenvalue weighted by molar-refractivity contribution is 0.0940. The van der Waals surface area contributed by atoms with Crippen LogP contribution in [0.5, 0.6) is 5.75 Å². The fourth-order valence-electron chi connectivity index (χ4n) is 2.39. The Morgan fingerprint density at radius 1 is 1.21 bits per heavy atom. The van der Waals surface area contributed by atoms with Crippen LogP contribution in [0.4, 0.5) is 0 Å². The van der Waals surface area contributed by atoms with Crippen LogP contribution >= 0.6 is 0 Å². The number of benzene rings is 1. The molecule has 0 aromatic heterocycles. The molecule has 1 unspecified atom stereocenters. The maximum Gasteiger partial charge on any atom is 0.179 e. The van der Waals surface area contributed by atoms with Crippen molar-refractivity contribution >= 4 is 5.78 Å². The van der Waals surface area contributed by atoms with Crippen molar-refractivity contribution in [2.45, 2.75) is 51.7 Å². The van der Waals surface area contributed by atoms with E-state index >= 15 is 0 Å². The number of carbonyl (C=O) groups excluding carboxylic acids is 1. The highest BCUT2D eigenvalue weighted by Gasteiger charge is 2.20. The lowest BCUT2D eigenvalue weighted by Crippen LogP contribution is -2.35. The molecule has 0 radical (unpaired) electrons. The Hall–Kier alpha value is -1.35. The summed E-state index contributed by atoms with van der Waals surface area (Å²) in [5.41, 5.74) is 6.55. The van der Waals surface area contributed by atoms with E-state index in [1.807, 2.05) is 38.1 Å². The fraction of sp³-hybridized carbons (Fsp3) is 0.562. The summed E-state index contributed by atoms with van der Waals surface area (Å²) in [4.78, 5) is 12.1. The summed E-state index contributed by atoms with van der Waals surface area (Å²) in [6, 6.07) is 6.95. The third kappa shape index (κ3) is 3.57. The molecule has 0 bridgehead atoms. The second kappa shape index (κ2) is 6.20. The zero-order chi connectivity index (χ0) is 13.8. The Morgan fingerprint density at radius 3 is 2.32 bits per heavy atom. The molecule has 1 atom stereocenters. The first kappa shape index (κ1) is 14.1. The van der Waals surface area contributed by atoms with Crippen LogP contribution in [0.2, 0.25) is 0 Å². The minimum absolute atomic E-state index is 0.00224. The predicted octanol–water partition coefficient (Wildman–Crippen LogP) is 3.17. The molecule has 104 valence electrons. The van der Waals surface area contributed by atoms with Crippen LogP contribution in [-0.2, 0) is 0 Å². The monoisotopic (exact) mass is 261 g/mol. The summed E-state index contributed by atoms with van der Waals surface area (Å²) in [6.07, 6.45) is 5.13. The maximum absolute atomic E-state index is 12.1. The molecule has 1 fully saturated rings. The molecule has 1 aliphatic rings. The van der Waals surface area contributed by atoms with Gasteiger partial charge in [-0.25, -0.2) is 0 Å². The van der Waals surface area contributed by atoms with E-state index in [1.165, 1.54) is 12.8 Å². The Bertz CT molecular complexity index is 419. The van der Waals surface area contributed by atoms with Crippen molar-refractivity contribution in [3.05, 3.63) is 29.8 Å². The second-order valence-corrected chi connectivity index (χ2v) is 5.68. The van der Waals surface area contributed by atoms with Crippen LogP contribution in [0.3, 0.4) is 0 Å². The van der Waals surface area contributed by atoms with E-state index in [0.29, 0.717) is 11.7 Å². The van der Waals surface area contributed by atoms with Crippen LogP contribution in [0.15, 0.2) is 24.3 Å². The molecule has 19 heavy (non-hydrogen) atoms. The highest BCUT2D eigenvalue weighted by Crippen LogP contribution is 2.24. The molecule has 0 heterocycles. The first-order valence-electron chi connectivity index (χ1n) is 7.14. The zero-order valence-corrected chi connectivity index (χ0v) is 11.8. The molecule has 0 aliphatic heterocycles. The van der Waals surface area contributed by atoms with Crippen LogP contribution in [0.1, 0.15) is 49.9 Å². The van der Waals surface area contributed by atoms with Crippen molar-refractivity contribution in [2.75, 3.05) is 0 Å². The number of ether oxygens (including phenoxy) is 1. The summed E-state index contributed by atoms with van der Waals surface area (Å²) >= 11 is 0.